The Morgan fingerprint density at radius 1 is 1.20 bits per heavy atom. The van der Waals surface area contributed by atoms with Crippen LogP contribution in [0, 0.1) is 6.92 Å². The van der Waals surface area contributed by atoms with Crippen LogP contribution in [0.4, 0.5) is 5.69 Å². The lowest BCUT2D eigenvalue weighted by Gasteiger charge is -2.17. The maximum atomic E-state index is 11.3. The molecule has 102 valence electrons. The first-order valence-electron chi connectivity index (χ1n) is 6.53. The van der Waals surface area contributed by atoms with Crippen LogP contribution in [-0.4, -0.2) is 15.0 Å². The molecule has 3 aromatic rings. The van der Waals surface area contributed by atoms with Crippen LogP contribution < -0.4 is 11.0 Å². The number of pyridine rings is 1. The summed E-state index contributed by atoms with van der Waals surface area (Å²) in [5.74, 6) is 0. The van der Waals surface area contributed by atoms with Crippen LogP contribution in [0.2, 0.25) is 0 Å². The summed E-state index contributed by atoms with van der Waals surface area (Å²) in [6.07, 6.45) is 1.78. The van der Waals surface area contributed by atoms with Crippen LogP contribution in [0.5, 0.6) is 0 Å². The predicted molar refractivity (Wildman–Crippen MR) is 79.9 cm³/mol. The number of aromatic nitrogens is 3. The number of benzene rings is 1. The Morgan fingerprint density at radius 3 is 2.80 bits per heavy atom. The molecule has 20 heavy (non-hydrogen) atoms. The molecule has 3 rings (SSSR count). The average molecular weight is 268 g/mol. The molecule has 0 aliphatic carbocycles. The van der Waals surface area contributed by atoms with Gasteiger partial charge in [-0.15, -0.1) is 0 Å². The Labute approximate surface area is 116 Å². The van der Waals surface area contributed by atoms with Gasteiger partial charge < -0.3 is 15.3 Å². The average Bonchev–Trinajstić information content (AvgIpc) is 2.80. The number of hydrogen-bond acceptors (Lipinski definition) is 3. The number of fused-ring (bicyclic) bond motifs is 1. The number of imidazole rings is 1. The first-order valence-corrected chi connectivity index (χ1v) is 6.53. The van der Waals surface area contributed by atoms with Gasteiger partial charge in [0, 0.05) is 12.2 Å². The standard InChI is InChI=1S/C15H16N4O/c1-9(17-12-4-3-7-16-10(12)2)11-5-6-13-14(8-11)19-15(20)18-13/h3-9,17H,1-2H3,(H2,18,19,20). The molecule has 5 nitrogen and oxygen atoms in total. The Bertz CT molecular complexity index is 803. The molecule has 0 saturated heterocycles. The summed E-state index contributed by atoms with van der Waals surface area (Å²) in [5, 5.41) is 3.43. The van der Waals surface area contributed by atoms with E-state index >= 15 is 0 Å². The van der Waals surface area contributed by atoms with Crippen molar-refractivity contribution in [1.82, 2.24) is 15.0 Å². The molecule has 2 aromatic heterocycles. The Balaban J connectivity index is 1.90. The van der Waals surface area contributed by atoms with Crippen LogP contribution in [0.1, 0.15) is 24.2 Å². The number of hydrogen-bond donors (Lipinski definition) is 3. The quantitative estimate of drug-likeness (QED) is 0.683. The Morgan fingerprint density at radius 2 is 2.00 bits per heavy atom. The van der Waals surface area contributed by atoms with Gasteiger partial charge in [0.05, 0.1) is 22.4 Å². The van der Waals surface area contributed by atoms with E-state index in [0.29, 0.717) is 0 Å². The lowest BCUT2D eigenvalue weighted by atomic mass is 10.1. The Hall–Kier alpha value is -2.56. The van der Waals surface area contributed by atoms with Crippen LogP contribution >= 0.6 is 0 Å². The normalized spacial score (nSPS) is 12.5. The third-order valence-corrected chi connectivity index (χ3v) is 3.42. The number of anilines is 1. The number of aromatic amines is 2. The highest BCUT2D eigenvalue weighted by molar-refractivity contribution is 5.75. The third-order valence-electron chi connectivity index (χ3n) is 3.42. The van der Waals surface area contributed by atoms with Gasteiger partial charge in [-0.2, -0.15) is 0 Å². The molecule has 5 heteroatoms. The van der Waals surface area contributed by atoms with Crippen molar-refractivity contribution >= 4 is 16.7 Å². The summed E-state index contributed by atoms with van der Waals surface area (Å²) >= 11 is 0. The molecule has 0 radical (unpaired) electrons. The van der Waals surface area contributed by atoms with Crippen LogP contribution in [-0.2, 0) is 0 Å². The Kier molecular flexibility index (Phi) is 3.02. The van der Waals surface area contributed by atoms with Gasteiger partial charge in [-0.1, -0.05) is 6.07 Å². The van der Waals surface area contributed by atoms with Gasteiger partial charge in [-0.3, -0.25) is 4.98 Å². The maximum absolute atomic E-state index is 11.3. The highest BCUT2D eigenvalue weighted by Crippen LogP contribution is 2.22. The SMILES string of the molecule is Cc1ncccc1NC(C)c1ccc2[nH]c(=O)[nH]c2c1. The number of aryl methyl sites for hydroxylation is 1. The van der Waals surface area contributed by atoms with Gasteiger partial charge in [0.2, 0.25) is 0 Å². The molecule has 0 aliphatic heterocycles. The van der Waals surface area contributed by atoms with Crippen molar-refractivity contribution in [2.45, 2.75) is 19.9 Å². The van der Waals surface area contributed by atoms with E-state index in [0.717, 1.165) is 28.0 Å². The van der Waals surface area contributed by atoms with E-state index in [9.17, 15) is 4.79 Å². The maximum Gasteiger partial charge on any atom is 0.323 e. The number of nitrogens with zero attached hydrogens (tertiary/aromatic N) is 1. The van der Waals surface area contributed by atoms with Gasteiger partial charge >= 0.3 is 5.69 Å². The van der Waals surface area contributed by atoms with E-state index in [1.165, 1.54) is 0 Å². The topological polar surface area (TPSA) is 73.6 Å². The molecule has 0 fully saturated rings. The fourth-order valence-corrected chi connectivity index (χ4v) is 2.27. The molecular formula is C15H16N4O. The van der Waals surface area contributed by atoms with Crippen molar-refractivity contribution in [3.05, 3.63) is 58.3 Å². The van der Waals surface area contributed by atoms with Crippen molar-refractivity contribution in [2.24, 2.45) is 0 Å². The molecular weight excluding hydrogens is 252 g/mol. The van der Waals surface area contributed by atoms with Crippen LogP contribution in [0.15, 0.2) is 41.3 Å². The number of rotatable bonds is 3. The molecule has 0 saturated carbocycles. The smallest absolute Gasteiger partial charge is 0.323 e. The summed E-state index contributed by atoms with van der Waals surface area (Å²) in [6.45, 7) is 4.06. The van der Waals surface area contributed by atoms with Crippen molar-refractivity contribution < 1.29 is 0 Å². The minimum absolute atomic E-state index is 0.126. The summed E-state index contributed by atoms with van der Waals surface area (Å²) in [6, 6.07) is 9.95. The molecule has 0 aliphatic rings. The van der Waals surface area contributed by atoms with E-state index in [2.05, 4.69) is 27.2 Å². The first-order chi connectivity index (χ1) is 9.63. The minimum atomic E-state index is -0.180. The summed E-state index contributed by atoms with van der Waals surface area (Å²) in [7, 11) is 0. The van der Waals surface area contributed by atoms with Crippen molar-refractivity contribution in [2.75, 3.05) is 5.32 Å². The zero-order valence-corrected chi connectivity index (χ0v) is 11.4. The molecule has 0 spiro atoms. The van der Waals surface area contributed by atoms with E-state index in [4.69, 9.17) is 0 Å². The second-order valence-electron chi connectivity index (χ2n) is 4.89. The van der Waals surface area contributed by atoms with Crippen LogP contribution in [0.3, 0.4) is 0 Å². The molecule has 0 amide bonds. The summed E-state index contributed by atoms with van der Waals surface area (Å²) < 4.78 is 0. The second kappa shape index (κ2) is 4.85. The van der Waals surface area contributed by atoms with Gasteiger partial charge in [-0.25, -0.2) is 4.79 Å². The van der Waals surface area contributed by atoms with E-state index in [1.54, 1.807) is 6.20 Å². The van der Waals surface area contributed by atoms with Crippen LogP contribution in [0.25, 0.3) is 11.0 Å². The van der Waals surface area contributed by atoms with Crippen molar-refractivity contribution in [3.8, 4) is 0 Å². The van der Waals surface area contributed by atoms with Crippen molar-refractivity contribution in [3.63, 3.8) is 0 Å². The molecule has 3 N–H and O–H groups in total. The highest BCUT2D eigenvalue weighted by Gasteiger charge is 2.08. The minimum Gasteiger partial charge on any atom is -0.377 e. The zero-order valence-electron chi connectivity index (χ0n) is 11.4. The monoisotopic (exact) mass is 268 g/mol. The van der Waals surface area contributed by atoms with Gasteiger partial charge in [0.1, 0.15) is 0 Å². The number of H-pyrrole nitrogens is 2. The third kappa shape index (κ3) is 2.30. The van der Waals surface area contributed by atoms with E-state index < -0.39 is 0 Å². The molecule has 1 aromatic carbocycles. The van der Waals surface area contributed by atoms with E-state index in [-0.39, 0.29) is 11.7 Å². The molecule has 1 atom stereocenters. The highest BCUT2D eigenvalue weighted by atomic mass is 16.1. The predicted octanol–water partition coefficient (Wildman–Crippen LogP) is 2.73. The second-order valence-corrected chi connectivity index (χ2v) is 4.89. The van der Waals surface area contributed by atoms with Gasteiger partial charge in [0.25, 0.3) is 0 Å². The van der Waals surface area contributed by atoms with Crippen molar-refractivity contribution in [1.29, 1.82) is 0 Å². The first kappa shape index (κ1) is 12.5. The fourth-order valence-electron chi connectivity index (χ4n) is 2.27. The fraction of sp³-hybridized carbons (Fsp3) is 0.200. The van der Waals surface area contributed by atoms with E-state index in [1.807, 2.05) is 37.3 Å². The summed E-state index contributed by atoms with van der Waals surface area (Å²) in [5.41, 5.74) is 4.56. The molecule has 2 heterocycles. The number of nitrogens with one attached hydrogen (secondary N) is 3. The largest absolute Gasteiger partial charge is 0.377 e. The molecule has 0 bridgehead atoms. The lowest BCUT2D eigenvalue weighted by molar-refractivity contribution is 0.881. The zero-order chi connectivity index (χ0) is 14.1. The lowest BCUT2D eigenvalue weighted by Crippen LogP contribution is -2.08. The van der Waals surface area contributed by atoms with Gasteiger partial charge in [0.15, 0.2) is 0 Å². The molecule has 1 unspecified atom stereocenters. The summed E-state index contributed by atoms with van der Waals surface area (Å²) in [4.78, 5) is 21.1. The van der Waals surface area contributed by atoms with Gasteiger partial charge in [-0.05, 0) is 43.7 Å².